The SMILES string of the molecule is COc1ccc2c(Sc3ccc(Cl)cc3)c(C(=O)NCCCN3CCCC3)[nH]c2c1. The van der Waals surface area contributed by atoms with Gasteiger partial charge < -0.3 is 19.9 Å². The van der Waals surface area contributed by atoms with Crippen molar-refractivity contribution in [3.63, 3.8) is 0 Å². The van der Waals surface area contributed by atoms with Gasteiger partial charge in [0.1, 0.15) is 11.4 Å². The number of methoxy groups -OCH3 is 1. The summed E-state index contributed by atoms with van der Waals surface area (Å²) in [6, 6.07) is 13.5. The number of H-pyrrole nitrogens is 1. The molecule has 0 atom stereocenters. The zero-order valence-electron chi connectivity index (χ0n) is 17.0. The molecule has 1 aliphatic rings. The van der Waals surface area contributed by atoms with Crippen molar-refractivity contribution >= 4 is 40.2 Å². The Labute approximate surface area is 186 Å². The highest BCUT2D eigenvalue weighted by atomic mass is 35.5. The zero-order chi connectivity index (χ0) is 20.9. The number of likely N-dealkylation sites (tertiary alicyclic amines) is 1. The largest absolute Gasteiger partial charge is 0.497 e. The van der Waals surface area contributed by atoms with Crippen LogP contribution in [-0.4, -0.2) is 49.1 Å². The first-order valence-electron chi connectivity index (χ1n) is 10.3. The molecule has 1 fully saturated rings. The van der Waals surface area contributed by atoms with Crippen LogP contribution >= 0.6 is 23.4 Å². The average molecular weight is 444 g/mol. The molecule has 0 spiro atoms. The second-order valence-electron chi connectivity index (χ2n) is 7.45. The fraction of sp³-hybridized carbons (Fsp3) is 0.348. The molecule has 0 aliphatic carbocycles. The Kier molecular flexibility index (Phi) is 6.87. The van der Waals surface area contributed by atoms with Gasteiger partial charge in [-0.3, -0.25) is 4.79 Å². The van der Waals surface area contributed by atoms with Gasteiger partial charge in [-0.05, 0) is 75.3 Å². The summed E-state index contributed by atoms with van der Waals surface area (Å²) in [5.41, 5.74) is 1.47. The Balaban J connectivity index is 1.53. The van der Waals surface area contributed by atoms with Gasteiger partial charge in [0, 0.05) is 27.9 Å². The van der Waals surface area contributed by atoms with Gasteiger partial charge >= 0.3 is 0 Å². The number of carbonyl (C=O) groups excluding carboxylic acids is 1. The van der Waals surface area contributed by atoms with Crippen molar-refractivity contribution in [2.75, 3.05) is 33.3 Å². The van der Waals surface area contributed by atoms with Crippen LogP contribution in [0.4, 0.5) is 0 Å². The molecule has 1 aromatic heterocycles. The lowest BCUT2D eigenvalue weighted by Gasteiger charge is -2.14. The molecule has 2 N–H and O–H groups in total. The summed E-state index contributed by atoms with van der Waals surface area (Å²) in [4.78, 5) is 20.7. The molecule has 2 aromatic carbocycles. The van der Waals surface area contributed by atoms with E-state index in [2.05, 4.69) is 15.2 Å². The molecule has 158 valence electrons. The number of rotatable bonds is 8. The third-order valence-corrected chi connectivity index (χ3v) is 6.74. The minimum Gasteiger partial charge on any atom is -0.497 e. The molecular weight excluding hydrogens is 418 g/mol. The lowest BCUT2D eigenvalue weighted by molar-refractivity contribution is 0.0945. The van der Waals surface area contributed by atoms with Crippen LogP contribution in [0.1, 0.15) is 29.8 Å². The van der Waals surface area contributed by atoms with E-state index in [4.69, 9.17) is 16.3 Å². The number of carbonyl (C=O) groups is 1. The number of benzene rings is 2. The van der Waals surface area contributed by atoms with Crippen LogP contribution < -0.4 is 10.1 Å². The Bertz CT molecular complexity index is 1010. The smallest absolute Gasteiger partial charge is 0.268 e. The summed E-state index contributed by atoms with van der Waals surface area (Å²) in [7, 11) is 1.64. The van der Waals surface area contributed by atoms with Gasteiger partial charge in [0.05, 0.1) is 17.5 Å². The average Bonchev–Trinajstić information content (AvgIpc) is 3.40. The number of nitrogens with zero attached hydrogens (tertiary/aromatic N) is 1. The van der Waals surface area contributed by atoms with E-state index in [0.29, 0.717) is 17.3 Å². The second kappa shape index (κ2) is 9.77. The number of fused-ring (bicyclic) bond motifs is 1. The first kappa shape index (κ1) is 21.1. The molecule has 3 aromatic rings. The normalized spacial score (nSPS) is 14.3. The van der Waals surface area contributed by atoms with Gasteiger partial charge in [-0.25, -0.2) is 0 Å². The Morgan fingerprint density at radius 3 is 2.70 bits per heavy atom. The van der Waals surface area contributed by atoms with E-state index in [1.807, 2.05) is 42.5 Å². The first-order valence-corrected chi connectivity index (χ1v) is 11.5. The lowest BCUT2D eigenvalue weighted by Crippen LogP contribution is -2.29. The number of amides is 1. The first-order chi connectivity index (χ1) is 14.6. The highest BCUT2D eigenvalue weighted by molar-refractivity contribution is 7.99. The van der Waals surface area contributed by atoms with Crippen molar-refractivity contribution in [2.24, 2.45) is 0 Å². The van der Waals surface area contributed by atoms with Crippen LogP contribution in [0.2, 0.25) is 5.02 Å². The predicted molar refractivity (Wildman–Crippen MR) is 123 cm³/mol. The molecule has 2 heterocycles. The van der Waals surface area contributed by atoms with Crippen LogP contribution in [-0.2, 0) is 0 Å². The van der Waals surface area contributed by atoms with E-state index in [1.165, 1.54) is 25.9 Å². The van der Waals surface area contributed by atoms with Crippen molar-refractivity contribution in [3.8, 4) is 5.75 Å². The third-order valence-electron chi connectivity index (χ3n) is 5.35. The Morgan fingerprint density at radius 1 is 1.20 bits per heavy atom. The third kappa shape index (κ3) is 4.94. The van der Waals surface area contributed by atoms with E-state index < -0.39 is 0 Å². The molecule has 4 rings (SSSR count). The lowest BCUT2D eigenvalue weighted by atomic mass is 10.2. The molecule has 0 saturated carbocycles. The molecular formula is C23H26ClN3O2S. The number of aromatic amines is 1. The van der Waals surface area contributed by atoms with Gasteiger partial charge in [-0.15, -0.1) is 0 Å². The zero-order valence-corrected chi connectivity index (χ0v) is 18.6. The second-order valence-corrected chi connectivity index (χ2v) is 8.98. The number of halogens is 1. The molecule has 0 unspecified atom stereocenters. The van der Waals surface area contributed by atoms with E-state index in [1.54, 1.807) is 18.9 Å². The molecule has 7 heteroatoms. The monoisotopic (exact) mass is 443 g/mol. The van der Waals surface area contributed by atoms with Crippen LogP contribution in [0.25, 0.3) is 10.9 Å². The highest BCUT2D eigenvalue weighted by Gasteiger charge is 2.19. The Hall–Kier alpha value is -2.15. The minimum absolute atomic E-state index is 0.0805. The van der Waals surface area contributed by atoms with E-state index in [-0.39, 0.29) is 5.91 Å². The maximum absolute atomic E-state index is 13.0. The van der Waals surface area contributed by atoms with E-state index in [0.717, 1.165) is 39.4 Å². The predicted octanol–water partition coefficient (Wildman–Crippen LogP) is 5.20. The van der Waals surface area contributed by atoms with Crippen molar-refractivity contribution in [1.82, 2.24) is 15.2 Å². The van der Waals surface area contributed by atoms with Gasteiger partial charge in [0.25, 0.3) is 5.91 Å². The van der Waals surface area contributed by atoms with Crippen molar-refractivity contribution < 1.29 is 9.53 Å². The maximum atomic E-state index is 13.0. The molecule has 5 nitrogen and oxygen atoms in total. The van der Waals surface area contributed by atoms with Gasteiger partial charge in [-0.1, -0.05) is 23.4 Å². The van der Waals surface area contributed by atoms with Crippen molar-refractivity contribution in [3.05, 3.63) is 53.2 Å². The van der Waals surface area contributed by atoms with Crippen molar-refractivity contribution in [1.29, 1.82) is 0 Å². The molecule has 0 bridgehead atoms. The number of aromatic nitrogens is 1. The summed E-state index contributed by atoms with van der Waals surface area (Å²) in [5, 5.41) is 4.78. The van der Waals surface area contributed by atoms with E-state index in [9.17, 15) is 4.79 Å². The maximum Gasteiger partial charge on any atom is 0.268 e. The van der Waals surface area contributed by atoms with Crippen molar-refractivity contribution in [2.45, 2.75) is 29.1 Å². The summed E-state index contributed by atoms with van der Waals surface area (Å²) in [6.07, 6.45) is 3.53. The fourth-order valence-electron chi connectivity index (χ4n) is 3.76. The molecule has 1 aliphatic heterocycles. The topological polar surface area (TPSA) is 57.4 Å². The fourth-order valence-corrected chi connectivity index (χ4v) is 4.93. The van der Waals surface area contributed by atoms with Gasteiger partial charge in [0.2, 0.25) is 0 Å². The number of hydrogen-bond donors (Lipinski definition) is 2. The van der Waals surface area contributed by atoms with Crippen LogP contribution in [0.15, 0.2) is 52.3 Å². The van der Waals surface area contributed by atoms with Gasteiger partial charge in [0.15, 0.2) is 0 Å². The standard InChI is InChI=1S/C23H26ClN3O2S/c1-29-17-7-10-19-20(15-17)26-21(22(19)30-18-8-5-16(24)6-9-18)23(28)25-11-4-14-27-12-2-3-13-27/h5-10,15,26H,2-4,11-14H2,1H3,(H,25,28). The van der Waals surface area contributed by atoms with Gasteiger partial charge in [-0.2, -0.15) is 0 Å². The molecule has 1 amide bonds. The molecule has 0 radical (unpaired) electrons. The van der Waals surface area contributed by atoms with E-state index >= 15 is 0 Å². The molecule has 1 saturated heterocycles. The Morgan fingerprint density at radius 2 is 1.97 bits per heavy atom. The summed E-state index contributed by atoms with van der Waals surface area (Å²) >= 11 is 7.59. The van der Waals surface area contributed by atoms with Crippen LogP contribution in [0, 0.1) is 0 Å². The van der Waals surface area contributed by atoms with Crippen LogP contribution in [0.3, 0.4) is 0 Å². The number of nitrogens with one attached hydrogen (secondary N) is 2. The molecule has 30 heavy (non-hydrogen) atoms. The number of hydrogen-bond acceptors (Lipinski definition) is 4. The highest BCUT2D eigenvalue weighted by Crippen LogP contribution is 2.38. The van der Waals surface area contributed by atoms with Crippen LogP contribution in [0.5, 0.6) is 5.75 Å². The summed E-state index contributed by atoms with van der Waals surface area (Å²) in [5.74, 6) is 0.674. The number of ether oxygens (including phenoxy) is 1. The summed E-state index contributed by atoms with van der Waals surface area (Å²) in [6.45, 7) is 4.06. The summed E-state index contributed by atoms with van der Waals surface area (Å²) < 4.78 is 5.34. The quantitative estimate of drug-likeness (QED) is 0.470. The minimum atomic E-state index is -0.0805.